The van der Waals surface area contributed by atoms with Gasteiger partial charge in [0.25, 0.3) is 5.91 Å². The molecule has 7 heteroatoms. The van der Waals surface area contributed by atoms with Crippen LogP contribution in [0.3, 0.4) is 0 Å². The number of carboxylic acid groups (broad SMARTS) is 1. The maximum absolute atomic E-state index is 12.0. The summed E-state index contributed by atoms with van der Waals surface area (Å²) in [6.45, 7) is 1.78. The Bertz CT molecular complexity index is 474. The molecular formula is C11H12N2O5. The van der Waals surface area contributed by atoms with E-state index >= 15 is 0 Å². The molecule has 2 heterocycles. The Morgan fingerprint density at radius 1 is 1.17 bits per heavy atom. The molecule has 96 valence electrons. The van der Waals surface area contributed by atoms with E-state index in [1.54, 1.807) is 4.90 Å². The minimum absolute atomic E-state index is 0.00644. The van der Waals surface area contributed by atoms with Crippen molar-refractivity contribution in [1.29, 1.82) is 0 Å². The third-order valence-corrected chi connectivity index (χ3v) is 2.78. The smallest absolute Gasteiger partial charge is 0.371 e. The topological polar surface area (TPSA) is 91.1 Å². The number of aromatic carboxylic acids is 1. The van der Waals surface area contributed by atoms with Crippen LogP contribution in [0.25, 0.3) is 0 Å². The zero-order valence-electron chi connectivity index (χ0n) is 9.54. The molecule has 0 spiro atoms. The van der Waals surface area contributed by atoms with Crippen molar-refractivity contribution < 1.29 is 23.9 Å². The fourth-order valence-corrected chi connectivity index (χ4v) is 1.75. The highest BCUT2D eigenvalue weighted by Crippen LogP contribution is 2.12. The fourth-order valence-electron chi connectivity index (χ4n) is 1.75. The number of hydrogen-bond acceptors (Lipinski definition) is 4. The second-order valence-electron chi connectivity index (χ2n) is 3.90. The summed E-state index contributed by atoms with van der Waals surface area (Å²) in [6.07, 6.45) is 0.747. The van der Waals surface area contributed by atoms with Crippen molar-refractivity contribution in [2.45, 2.75) is 0 Å². The van der Waals surface area contributed by atoms with Crippen molar-refractivity contribution >= 4 is 18.3 Å². The van der Waals surface area contributed by atoms with E-state index in [1.807, 2.05) is 0 Å². The predicted octanol–water partition coefficient (Wildman–Crippen LogP) is -0.108. The molecule has 7 nitrogen and oxygen atoms in total. The normalized spacial score (nSPS) is 15.6. The minimum Gasteiger partial charge on any atom is -0.475 e. The molecule has 1 N–H and O–H groups in total. The Hall–Kier alpha value is -2.31. The number of rotatable bonds is 3. The molecule has 0 aliphatic carbocycles. The lowest BCUT2D eigenvalue weighted by atomic mass is 10.3. The van der Waals surface area contributed by atoms with E-state index in [0.717, 1.165) is 6.41 Å². The largest absolute Gasteiger partial charge is 0.475 e. The monoisotopic (exact) mass is 252 g/mol. The summed E-state index contributed by atoms with van der Waals surface area (Å²) in [6, 6.07) is 2.59. The molecular weight excluding hydrogens is 240 g/mol. The number of amides is 2. The number of carbonyl (C=O) groups is 3. The van der Waals surface area contributed by atoms with Gasteiger partial charge in [0, 0.05) is 26.2 Å². The third-order valence-electron chi connectivity index (χ3n) is 2.78. The Morgan fingerprint density at radius 3 is 2.28 bits per heavy atom. The van der Waals surface area contributed by atoms with Crippen LogP contribution in [-0.2, 0) is 4.79 Å². The Morgan fingerprint density at radius 2 is 1.78 bits per heavy atom. The molecule has 0 bridgehead atoms. The molecule has 1 aromatic heterocycles. The summed E-state index contributed by atoms with van der Waals surface area (Å²) in [7, 11) is 0. The lowest BCUT2D eigenvalue weighted by Gasteiger charge is -2.31. The Kier molecular flexibility index (Phi) is 3.31. The van der Waals surface area contributed by atoms with E-state index in [4.69, 9.17) is 9.52 Å². The zero-order chi connectivity index (χ0) is 13.1. The Labute approximate surface area is 103 Å². The van der Waals surface area contributed by atoms with Gasteiger partial charge in [-0.1, -0.05) is 0 Å². The highest BCUT2D eigenvalue weighted by atomic mass is 16.4. The highest BCUT2D eigenvalue weighted by molar-refractivity contribution is 5.93. The van der Waals surface area contributed by atoms with E-state index in [1.165, 1.54) is 17.0 Å². The van der Waals surface area contributed by atoms with Crippen LogP contribution in [0.1, 0.15) is 21.1 Å². The molecule has 1 aliphatic heterocycles. The van der Waals surface area contributed by atoms with Crippen LogP contribution in [-0.4, -0.2) is 59.4 Å². The van der Waals surface area contributed by atoms with Crippen LogP contribution in [0.4, 0.5) is 0 Å². The van der Waals surface area contributed by atoms with E-state index < -0.39 is 5.97 Å². The van der Waals surface area contributed by atoms with Crippen molar-refractivity contribution in [3.05, 3.63) is 23.7 Å². The molecule has 1 aliphatic rings. The molecule has 0 atom stereocenters. The summed E-state index contributed by atoms with van der Waals surface area (Å²) in [5, 5.41) is 8.69. The van der Waals surface area contributed by atoms with Gasteiger partial charge < -0.3 is 19.3 Å². The van der Waals surface area contributed by atoms with Gasteiger partial charge in [0.2, 0.25) is 12.2 Å². The predicted molar refractivity (Wildman–Crippen MR) is 59.2 cm³/mol. The van der Waals surface area contributed by atoms with Crippen LogP contribution >= 0.6 is 0 Å². The molecule has 1 saturated heterocycles. The van der Waals surface area contributed by atoms with E-state index in [2.05, 4.69) is 0 Å². The maximum atomic E-state index is 12.0. The second kappa shape index (κ2) is 4.91. The SMILES string of the molecule is O=CN1CCN(C(=O)c2ccc(C(=O)O)o2)CC1. The van der Waals surface area contributed by atoms with Gasteiger partial charge in [0.15, 0.2) is 5.76 Å². The van der Waals surface area contributed by atoms with Crippen molar-refractivity contribution in [3.63, 3.8) is 0 Å². The van der Waals surface area contributed by atoms with Gasteiger partial charge in [0.05, 0.1) is 0 Å². The van der Waals surface area contributed by atoms with Gasteiger partial charge in [-0.05, 0) is 12.1 Å². The van der Waals surface area contributed by atoms with Gasteiger partial charge in [-0.15, -0.1) is 0 Å². The number of carboxylic acids is 1. The highest BCUT2D eigenvalue weighted by Gasteiger charge is 2.24. The number of nitrogens with zero attached hydrogens (tertiary/aromatic N) is 2. The van der Waals surface area contributed by atoms with Crippen molar-refractivity contribution in [1.82, 2.24) is 9.80 Å². The first-order valence-corrected chi connectivity index (χ1v) is 5.43. The lowest BCUT2D eigenvalue weighted by molar-refractivity contribution is -0.119. The summed E-state index contributed by atoms with van der Waals surface area (Å²) in [5.41, 5.74) is 0. The van der Waals surface area contributed by atoms with Crippen molar-refractivity contribution in [2.75, 3.05) is 26.2 Å². The van der Waals surface area contributed by atoms with Crippen LogP contribution < -0.4 is 0 Å². The van der Waals surface area contributed by atoms with Gasteiger partial charge in [-0.3, -0.25) is 9.59 Å². The van der Waals surface area contributed by atoms with Crippen LogP contribution in [0, 0.1) is 0 Å². The number of piperazine rings is 1. The molecule has 0 saturated carbocycles. The van der Waals surface area contributed by atoms with E-state index in [-0.39, 0.29) is 17.4 Å². The summed E-state index contributed by atoms with van der Waals surface area (Å²) < 4.78 is 4.94. The molecule has 0 aromatic carbocycles. The average Bonchev–Trinajstić information content (AvgIpc) is 2.88. The zero-order valence-corrected chi connectivity index (χ0v) is 9.54. The van der Waals surface area contributed by atoms with Crippen molar-refractivity contribution in [3.8, 4) is 0 Å². The second-order valence-corrected chi connectivity index (χ2v) is 3.90. The first-order chi connectivity index (χ1) is 8.61. The van der Waals surface area contributed by atoms with Crippen LogP contribution in [0.15, 0.2) is 16.5 Å². The third kappa shape index (κ3) is 2.34. The molecule has 0 unspecified atom stereocenters. The van der Waals surface area contributed by atoms with Gasteiger partial charge >= 0.3 is 5.97 Å². The van der Waals surface area contributed by atoms with Crippen molar-refractivity contribution in [2.24, 2.45) is 0 Å². The fraction of sp³-hybridized carbons (Fsp3) is 0.364. The van der Waals surface area contributed by atoms with Gasteiger partial charge in [-0.2, -0.15) is 0 Å². The molecule has 1 aromatic rings. The molecule has 2 rings (SSSR count). The van der Waals surface area contributed by atoms with E-state index in [9.17, 15) is 14.4 Å². The maximum Gasteiger partial charge on any atom is 0.371 e. The van der Waals surface area contributed by atoms with Crippen LogP contribution in [0.5, 0.6) is 0 Å². The van der Waals surface area contributed by atoms with Crippen LogP contribution in [0.2, 0.25) is 0 Å². The summed E-state index contributed by atoms with van der Waals surface area (Å²) >= 11 is 0. The Balaban J connectivity index is 2.03. The summed E-state index contributed by atoms with van der Waals surface area (Å²) in [5.74, 6) is -1.82. The molecule has 0 radical (unpaired) electrons. The quantitative estimate of drug-likeness (QED) is 0.758. The van der Waals surface area contributed by atoms with E-state index in [0.29, 0.717) is 26.2 Å². The molecule has 18 heavy (non-hydrogen) atoms. The average molecular weight is 252 g/mol. The first-order valence-electron chi connectivity index (χ1n) is 5.43. The standard InChI is InChI=1S/C11H12N2O5/c14-7-12-3-5-13(6-4-12)10(15)8-1-2-9(18-8)11(16)17/h1-2,7H,3-6H2,(H,16,17). The number of hydrogen-bond donors (Lipinski definition) is 1. The minimum atomic E-state index is -1.21. The molecule has 2 amide bonds. The molecule has 1 fully saturated rings. The number of carbonyl (C=O) groups excluding carboxylic acids is 2. The summed E-state index contributed by atoms with van der Waals surface area (Å²) in [4.78, 5) is 36.2. The van der Waals surface area contributed by atoms with Gasteiger partial charge in [-0.25, -0.2) is 4.79 Å². The first kappa shape index (κ1) is 12.2. The lowest BCUT2D eigenvalue weighted by Crippen LogP contribution is -2.48. The number of furan rings is 1. The van der Waals surface area contributed by atoms with Gasteiger partial charge in [0.1, 0.15) is 0 Å².